The summed E-state index contributed by atoms with van der Waals surface area (Å²) < 4.78 is 4.23. The monoisotopic (exact) mass is 171 g/mol. The molecule has 0 fully saturated rings. The molecule has 1 nitrogen and oxygen atoms in total. The first kappa shape index (κ1) is 10.6. The van der Waals surface area contributed by atoms with Crippen LogP contribution in [0.5, 0.6) is 0 Å². The molecule has 1 aromatic rings. The summed E-state index contributed by atoms with van der Waals surface area (Å²) in [5, 5.41) is 0. The zero-order valence-electron chi connectivity index (χ0n) is 8.06. The molecule has 0 radical (unpaired) electrons. The van der Waals surface area contributed by atoms with Gasteiger partial charge in [-0.3, -0.25) is 0 Å². The van der Waals surface area contributed by atoms with Crippen LogP contribution in [0.3, 0.4) is 0 Å². The minimum absolute atomic E-state index is 1.12. The minimum atomic E-state index is 1.12. The Balaban J connectivity index is 0.000000461. The van der Waals surface area contributed by atoms with E-state index in [1.807, 2.05) is 13.8 Å². The highest BCUT2D eigenvalue weighted by Crippen LogP contribution is 2.16. The molecular formula is C9H17NS. The average Bonchev–Trinajstić information content (AvgIpc) is 2.35. The second-order valence-electron chi connectivity index (χ2n) is 2.16. The van der Waals surface area contributed by atoms with Gasteiger partial charge in [-0.15, -0.1) is 0 Å². The molecule has 0 amide bonds. The van der Waals surface area contributed by atoms with Crippen molar-refractivity contribution in [3.05, 3.63) is 16.1 Å². The van der Waals surface area contributed by atoms with Crippen molar-refractivity contribution in [3.8, 4) is 0 Å². The van der Waals surface area contributed by atoms with E-state index >= 15 is 0 Å². The molecule has 0 N–H and O–H groups in total. The summed E-state index contributed by atoms with van der Waals surface area (Å²) in [6.07, 6.45) is 1.12. The van der Waals surface area contributed by atoms with Crippen LogP contribution in [0, 0.1) is 13.8 Å². The van der Waals surface area contributed by atoms with E-state index < -0.39 is 0 Å². The molecule has 0 aromatic carbocycles. The van der Waals surface area contributed by atoms with Crippen LogP contribution in [0.2, 0.25) is 0 Å². The summed E-state index contributed by atoms with van der Waals surface area (Å²) in [4.78, 5) is 1.37. The van der Waals surface area contributed by atoms with Crippen LogP contribution in [-0.4, -0.2) is 4.37 Å². The van der Waals surface area contributed by atoms with E-state index in [0.29, 0.717) is 0 Å². The van der Waals surface area contributed by atoms with Gasteiger partial charge in [0.1, 0.15) is 0 Å². The number of rotatable bonds is 1. The van der Waals surface area contributed by atoms with Crippen LogP contribution in [0.25, 0.3) is 0 Å². The lowest BCUT2D eigenvalue weighted by Crippen LogP contribution is -1.82. The van der Waals surface area contributed by atoms with E-state index in [2.05, 4.69) is 25.1 Å². The van der Waals surface area contributed by atoms with E-state index in [1.165, 1.54) is 16.1 Å². The first-order chi connectivity index (χ1) is 5.25. The fourth-order valence-electron chi connectivity index (χ4n) is 1.01. The molecule has 1 aromatic heterocycles. The van der Waals surface area contributed by atoms with Crippen LogP contribution >= 0.6 is 11.5 Å². The average molecular weight is 171 g/mol. The molecule has 2 heteroatoms. The summed E-state index contributed by atoms with van der Waals surface area (Å²) in [5.41, 5.74) is 2.64. The molecule has 1 heterocycles. The second-order valence-corrected chi connectivity index (χ2v) is 3.13. The third-order valence-electron chi connectivity index (χ3n) is 1.53. The lowest BCUT2D eigenvalue weighted by molar-refractivity contribution is 1.08. The van der Waals surface area contributed by atoms with Crippen molar-refractivity contribution < 1.29 is 0 Å². The zero-order chi connectivity index (χ0) is 8.85. The summed E-state index contributed by atoms with van der Waals surface area (Å²) >= 11 is 1.61. The van der Waals surface area contributed by atoms with Crippen molar-refractivity contribution in [2.24, 2.45) is 0 Å². The van der Waals surface area contributed by atoms with Crippen LogP contribution in [0.15, 0.2) is 0 Å². The highest BCUT2D eigenvalue weighted by Gasteiger charge is 2.01. The third-order valence-corrected chi connectivity index (χ3v) is 2.42. The second kappa shape index (κ2) is 5.30. The molecule has 1 rings (SSSR count). The smallest absolute Gasteiger partial charge is 0.0545 e. The molecule has 0 saturated carbocycles. The lowest BCUT2D eigenvalue weighted by atomic mass is 10.2. The van der Waals surface area contributed by atoms with Gasteiger partial charge in [-0.05, 0) is 37.4 Å². The van der Waals surface area contributed by atoms with Crippen molar-refractivity contribution in [3.63, 3.8) is 0 Å². The maximum atomic E-state index is 4.23. The van der Waals surface area contributed by atoms with Crippen LogP contribution in [-0.2, 0) is 6.42 Å². The van der Waals surface area contributed by atoms with E-state index in [9.17, 15) is 0 Å². The largest absolute Gasteiger partial charge is 0.197 e. The molecule has 0 bridgehead atoms. The van der Waals surface area contributed by atoms with E-state index in [1.54, 1.807) is 11.5 Å². The standard InChI is InChI=1S/C7H11NS.C2H6/c1-4-7-5(2)8-9-6(7)3;1-2/h4H2,1-3H3;1-2H3. The fraction of sp³-hybridized carbons (Fsp3) is 0.667. The SMILES string of the molecule is CC.CCc1c(C)nsc1C. The maximum absolute atomic E-state index is 4.23. The van der Waals surface area contributed by atoms with Crippen LogP contribution in [0.1, 0.15) is 36.9 Å². The lowest BCUT2D eigenvalue weighted by Gasteiger charge is -1.91. The Labute approximate surface area is 73.6 Å². The Morgan fingerprint density at radius 2 is 1.82 bits per heavy atom. The first-order valence-electron chi connectivity index (χ1n) is 4.17. The molecular weight excluding hydrogens is 154 g/mol. The van der Waals surface area contributed by atoms with Crippen LogP contribution < -0.4 is 0 Å². The molecule has 0 aliphatic heterocycles. The number of aromatic nitrogens is 1. The molecule has 0 saturated heterocycles. The molecule has 0 atom stereocenters. The summed E-state index contributed by atoms with van der Waals surface area (Å²) in [6, 6.07) is 0. The van der Waals surface area contributed by atoms with Crippen molar-refractivity contribution in [1.29, 1.82) is 0 Å². The van der Waals surface area contributed by atoms with E-state index in [-0.39, 0.29) is 0 Å². The Morgan fingerprint density at radius 3 is 2.00 bits per heavy atom. The van der Waals surface area contributed by atoms with Gasteiger partial charge < -0.3 is 0 Å². The van der Waals surface area contributed by atoms with Gasteiger partial charge in [-0.1, -0.05) is 20.8 Å². The van der Waals surface area contributed by atoms with Gasteiger partial charge in [-0.2, -0.15) is 4.37 Å². The predicted octanol–water partition coefficient (Wildman–Crippen LogP) is 3.35. The highest BCUT2D eigenvalue weighted by atomic mass is 32.1. The third kappa shape index (κ3) is 2.62. The molecule has 11 heavy (non-hydrogen) atoms. The molecule has 64 valence electrons. The van der Waals surface area contributed by atoms with Gasteiger partial charge in [0.05, 0.1) is 5.69 Å². The van der Waals surface area contributed by atoms with Gasteiger partial charge in [0.2, 0.25) is 0 Å². The minimum Gasteiger partial charge on any atom is -0.197 e. The number of hydrogen-bond acceptors (Lipinski definition) is 2. The van der Waals surface area contributed by atoms with Gasteiger partial charge in [0.15, 0.2) is 0 Å². The van der Waals surface area contributed by atoms with Gasteiger partial charge >= 0.3 is 0 Å². The van der Waals surface area contributed by atoms with E-state index in [0.717, 1.165) is 6.42 Å². The zero-order valence-corrected chi connectivity index (χ0v) is 8.88. The van der Waals surface area contributed by atoms with Crippen LogP contribution in [0.4, 0.5) is 0 Å². The predicted molar refractivity (Wildman–Crippen MR) is 52.3 cm³/mol. The summed E-state index contributed by atoms with van der Waals surface area (Å²) in [6.45, 7) is 10.4. The first-order valence-corrected chi connectivity index (χ1v) is 4.94. The normalized spacial score (nSPS) is 8.82. The molecule has 0 aliphatic carbocycles. The summed E-state index contributed by atoms with van der Waals surface area (Å²) in [5.74, 6) is 0. The van der Waals surface area contributed by atoms with Crippen molar-refractivity contribution >= 4 is 11.5 Å². The Kier molecular flexibility index (Phi) is 5.12. The van der Waals surface area contributed by atoms with Crippen molar-refractivity contribution in [2.75, 3.05) is 0 Å². The molecule has 0 unspecified atom stereocenters. The van der Waals surface area contributed by atoms with Gasteiger partial charge in [-0.25, -0.2) is 0 Å². The Hall–Kier alpha value is -0.370. The van der Waals surface area contributed by atoms with Gasteiger partial charge in [0, 0.05) is 4.88 Å². The Morgan fingerprint density at radius 1 is 1.27 bits per heavy atom. The number of nitrogens with zero attached hydrogens (tertiary/aromatic N) is 1. The van der Waals surface area contributed by atoms with E-state index in [4.69, 9.17) is 0 Å². The van der Waals surface area contributed by atoms with Gasteiger partial charge in [0.25, 0.3) is 0 Å². The fourth-order valence-corrected chi connectivity index (χ4v) is 1.79. The summed E-state index contributed by atoms with van der Waals surface area (Å²) in [7, 11) is 0. The van der Waals surface area contributed by atoms with Crippen molar-refractivity contribution in [2.45, 2.75) is 41.0 Å². The topological polar surface area (TPSA) is 12.9 Å². The number of hydrogen-bond donors (Lipinski definition) is 0. The highest BCUT2D eigenvalue weighted by molar-refractivity contribution is 7.05. The molecule has 0 aliphatic rings. The Bertz CT molecular complexity index is 184. The number of aryl methyl sites for hydroxylation is 2. The van der Waals surface area contributed by atoms with Crippen molar-refractivity contribution in [1.82, 2.24) is 4.37 Å². The quantitative estimate of drug-likeness (QED) is 0.631. The molecule has 0 spiro atoms. The maximum Gasteiger partial charge on any atom is 0.0545 e.